The second-order valence-electron chi connectivity index (χ2n) is 5.93. The van der Waals surface area contributed by atoms with Crippen LogP contribution in [0.25, 0.3) is 0 Å². The summed E-state index contributed by atoms with van der Waals surface area (Å²) in [6, 6.07) is 2.38. The van der Waals surface area contributed by atoms with Gasteiger partial charge >= 0.3 is 6.18 Å². The molecule has 144 valence electrons. The number of benzene rings is 1. The molecule has 0 fully saturated rings. The third-order valence-corrected chi connectivity index (χ3v) is 3.70. The quantitative estimate of drug-likeness (QED) is 0.835. The van der Waals surface area contributed by atoms with Gasteiger partial charge in [-0.3, -0.25) is 14.6 Å². The average molecular weight is 380 g/mol. The lowest BCUT2D eigenvalue weighted by molar-refractivity contribution is -0.137. The zero-order chi connectivity index (χ0) is 20.2. The molecule has 0 radical (unpaired) electrons. The molecule has 0 saturated carbocycles. The second kappa shape index (κ2) is 8.15. The number of alkyl halides is 3. The highest BCUT2D eigenvalue weighted by Crippen LogP contribution is 2.30. The maximum absolute atomic E-state index is 13.0. The van der Waals surface area contributed by atoms with E-state index in [9.17, 15) is 22.8 Å². The van der Waals surface area contributed by atoms with Gasteiger partial charge in [0.15, 0.2) is 5.69 Å². The van der Waals surface area contributed by atoms with Gasteiger partial charge in [0.1, 0.15) is 0 Å². The van der Waals surface area contributed by atoms with Crippen molar-refractivity contribution in [3.63, 3.8) is 0 Å². The summed E-state index contributed by atoms with van der Waals surface area (Å²) in [7, 11) is 0. The van der Waals surface area contributed by atoms with Crippen LogP contribution in [-0.2, 0) is 6.18 Å². The number of aromatic nitrogens is 2. The molecule has 0 aliphatic rings. The Morgan fingerprint density at radius 3 is 2.41 bits per heavy atom. The van der Waals surface area contributed by atoms with E-state index in [0.29, 0.717) is 12.1 Å². The molecule has 1 heterocycles. The van der Waals surface area contributed by atoms with E-state index < -0.39 is 29.6 Å². The van der Waals surface area contributed by atoms with Gasteiger partial charge in [0, 0.05) is 24.5 Å². The van der Waals surface area contributed by atoms with E-state index in [1.54, 1.807) is 13.8 Å². The molecule has 2 N–H and O–H groups in total. The molecule has 2 aromatic rings. The molecule has 9 heteroatoms. The highest BCUT2D eigenvalue weighted by atomic mass is 19.4. The Hall–Kier alpha value is -2.97. The second-order valence-corrected chi connectivity index (χ2v) is 5.93. The van der Waals surface area contributed by atoms with Crippen LogP contribution in [-0.4, -0.2) is 28.3 Å². The van der Waals surface area contributed by atoms with Crippen molar-refractivity contribution in [1.82, 2.24) is 20.6 Å². The first-order valence-electron chi connectivity index (χ1n) is 8.22. The zero-order valence-corrected chi connectivity index (χ0v) is 15.0. The number of nitrogens with zero attached hydrogens (tertiary/aromatic N) is 2. The largest absolute Gasteiger partial charge is 0.416 e. The average Bonchev–Trinajstić information content (AvgIpc) is 2.60. The monoisotopic (exact) mass is 380 g/mol. The van der Waals surface area contributed by atoms with Gasteiger partial charge in [-0.05, 0) is 44.5 Å². The maximum atomic E-state index is 13.0. The van der Waals surface area contributed by atoms with E-state index >= 15 is 0 Å². The fraction of sp³-hybridized carbons (Fsp3) is 0.333. The lowest BCUT2D eigenvalue weighted by Crippen LogP contribution is -2.31. The molecule has 0 spiro atoms. The summed E-state index contributed by atoms with van der Waals surface area (Å²) >= 11 is 0. The minimum atomic E-state index is -4.55. The van der Waals surface area contributed by atoms with E-state index in [1.807, 2.05) is 0 Å². The fourth-order valence-corrected chi connectivity index (χ4v) is 2.51. The highest BCUT2D eigenvalue weighted by molar-refractivity contribution is 5.96. The van der Waals surface area contributed by atoms with E-state index in [1.165, 1.54) is 25.4 Å². The van der Waals surface area contributed by atoms with Crippen molar-refractivity contribution in [2.24, 2.45) is 0 Å². The van der Waals surface area contributed by atoms with E-state index in [-0.39, 0.29) is 17.0 Å². The Balaban J connectivity index is 2.27. The summed E-state index contributed by atoms with van der Waals surface area (Å²) in [5.41, 5.74) is -0.446. The Kier molecular flexibility index (Phi) is 6.14. The number of aryl methyl sites for hydroxylation is 1. The third-order valence-electron chi connectivity index (χ3n) is 3.70. The maximum Gasteiger partial charge on any atom is 0.416 e. The van der Waals surface area contributed by atoms with Crippen LogP contribution in [0.2, 0.25) is 0 Å². The number of amides is 2. The molecule has 6 nitrogen and oxygen atoms in total. The number of carbonyl (C=O) groups is 2. The highest BCUT2D eigenvalue weighted by Gasteiger charge is 2.31. The lowest BCUT2D eigenvalue weighted by atomic mass is 10.0. The van der Waals surface area contributed by atoms with Gasteiger partial charge in [-0.25, -0.2) is 4.98 Å². The molecule has 1 atom stereocenters. The Labute approximate surface area is 154 Å². The minimum absolute atomic E-state index is 0.0485. The minimum Gasteiger partial charge on any atom is -0.351 e. The van der Waals surface area contributed by atoms with E-state index in [0.717, 1.165) is 12.1 Å². The predicted octanol–water partition coefficient (Wildman–Crippen LogP) is 3.04. The molecule has 0 bridgehead atoms. The van der Waals surface area contributed by atoms with Crippen LogP contribution >= 0.6 is 0 Å². The van der Waals surface area contributed by atoms with Crippen LogP contribution < -0.4 is 10.6 Å². The number of rotatable bonds is 5. The van der Waals surface area contributed by atoms with Gasteiger partial charge in [-0.2, -0.15) is 13.2 Å². The first-order valence-corrected chi connectivity index (χ1v) is 8.22. The molecule has 1 unspecified atom stereocenters. The first-order chi connectivity index (χ1) is 12.6. The van der Waals surface area contributed by atoms with Gasteiger partial charge in [-0.15, -0.1) is 0 Å². The van der Waals surface area contributed by atoms with Crippen molar-refractivity contribution in [1.29, 1.82) is 0 Å². The van der Waals surface area contributed by atoms with Crippen LogP contribution in [0.5, 0.6) is 0 Å². The van der Waals surface area contributed by atoms with Gasteiger partial charge in [0.25, 0.3) is 11.8 Å². The van der Waals surface area contributed by atoms with Crippen molar-refractivity contribution >= 4 is 11.8 Å². The Bertz CT molecular complexity index is 853. The van der Waals surface area contributed by atoms with E-state index in [4.69, 9.17) is 0 Å². The van der Waals surface area contributed by atoms with Gasteiger partial charge in [-0.1, -0.05) is 0 Å². The van der Waals surface area contributed by atoms with Crippen molar-refractivity contribution in [3.8, 4) is 0 Å². The van der Waals surface area contributed by atoms with Crippen LogP contribution in [0.3, 0.4) is 0 Å². The summed E-state index contributed by atoms with van der Waals surface area (Å²) in [4.78, 5) is 32.6. The molecule has 2 amide bonds. The number of carbonyl (C=O) groups excluding carboxylic acids is 2. The third kappa shape index (κ3) is 5.02. The SMILES string of the molecule is CCNC(=O)c1nccnc1C(C)NC(=O)c1cc(C)cc(C(F)(F)F)c1. The number of nitrogens with one attached hydrogen (secondary N) is 2. The smallest absolute Gasteiger partial charge is 0.351 e. The molecule has 27 heavy (non-hydrogen) atoms. The van der Waals surface area contributed by atoms with Crippen molar-refractivity contribution in [2.75, 3.05) is 6.54 Å². The summed E-state index contributed by atoms with van der Waals surface area (Å²) in [6.07, 6.45) is -1.84. The van der Waals surface area contributed by atoms with Crippen molar-refractivity contribution in [3.05, 3.63) is 58.7 Å². The summed E-state index contributed by atoms with van der Waals surface area (Å²) < 4.78 is 38.9. The van der Waals surface area contributed by atoms with E-state index in [2.05, 4.69) is 20.6 Å². The van der Waals surface area contributed by atoms with Gasteiger partial charge < -0.3 is 10.6 Å². The molecule has 0 aliphatic carbocycles. The molecule has 2 rings (SSSR count). The number of hydrogen-bond donors (Lipinski definition) is 2. The first kappa shape index (κ1) is 20.3. The Morgan fingerprint density at radius 1 is 1.11 bits per heavy atom. The number of hydrogen-bond acceptors (Lipinski definition) is 4. The zero-order valence-electron chi connectivity index (χ0n) is 15.0. The standard InChI is InChI=1S/C18H19F3N4O2/c1-4-22-17(27)15-14(23-5-6-24-15)11(3)25-16(26)12-7-10(2)8-13(9-12)18(19,20)21/h5-9,11H,4H2,1-3H3,(H,22,27)(H,25,26). The molecule has 1 aromatic heterocycles. The Morgan fingerprint density at radius 2 is 1.78 bits per heavy atom. The van der Waals surface area contributed by atoms with Crippen LogP contribution in [0.4, 0.5) is 13.2 Å². The lowest BCUT2D eigenvalue weighted by Gasteiger charge is -2.17. The molecule has 1 aromatic carbocycles. The summed E-state index contributed by atoms with van der Waals surface area (Å²) in [5.74, 6) is -1.15. The van der Waals surface area contributed by atoms with Crippen molar-refractivity contribution < 1.29 is 22.8 Å². The predicted molar refractivity (Wildman–Crippen MR) is 92.1 cm³/mol. The topological polar surface area (TPSA) is 84.0 Å². The summed E-state index contributed by atoms with van der Waals surface area (Å²) in [5, 5.41) is 5.16. The van der Waals surface area contributed by atoms with Crippen molar-refractivity contribution in [2.45, 2.75) is 33.0 Å². The fourth-order valence-electron chi connectivity index (χ4n) is 2.51. The molecule has 0 aliphatic heterocycles. The van der Waals surface area contributed by atoms with Gasteiger partial charge in [0.05, 0.1) is 17.3 Å². The molecular weight excluding hydrogens is 361 g/mol. The van der Waals surface area contributed by atoms with Crippen LogP contribution in [0.15, 0.2) is 30.6 Å². The van der Waals surface area contributed by atoms with Gasteiger partial charge in [0.2, 0.25) is 0 Å². The summed E-state index contributed by atoms with van der Waals surface area (Å²) in [6.45, 7) is 5.19. The molecule has 0 saturated heterocycles. The molecular formula is C18H19F3N4O2. The van der Waals surface area contributed by atoms with Crippen LogP contribution in [0, 0.1) is 6.92 Å². The number of halogens is 3. The normalized spacial score (nSPS) is 12.4. The van der Waals surface area contributed by atoms with Crippen LogP contribution in [0.1, 0.15) is 57.6 Å².